The molecule has 0 spiro atoms. The molecule has 0 aromatic carbocycles. The molecule has 6 heteroatoms. The number of hydrogen-bond donors (Lipinski definition) is 2. The molecule has 0 unspecified atom stereocenters. The molecule has 0 atom stereocenters. The SMILES string of the molecule is C[Si]1(OCCN)OCCNCCO1. The summed E-state index contributed by atoms with van der Waals surface area (Å²) in [5.74, 6) is 0. The normalized spacial score (nSPS) is 23.5. The lowest BCUT2D eigenvalue weighted by Gasteiger charge is -2.28. The monoisotopic (exact) mass is 206 g/mol. The molecule has 5 nitrogen and oxygen atoms in total. The summed E-state index contributed by atoms with van der Waals surface area (Å²) in [6.45, 7) is 5.94. The summed E-state index contributed by atoms with van der Waals surface area (Å²) in [6, 6.07) is 0. The van der Waals surface area contributed by atoms with E-state index in [0.29, 0.717) is 26.4 Å². The Morgan fingerprint density at radius 1 is 1.38 bits per heavy atom. The van der Waals surface area contributed by atoms with E-state index in [0.717, 1.165) is 13.1 Å². The Hall–Kier alpha value is 0.0169. The van der Waals surface area contributed by atoms with Crippen molar-refractivity contribution in [3.63, 3.8) is 0 Å². The van der Waals surface area contributed by atoms with Crippen molar-refractivity contribution in [2.45, 2.75) is 6.55 Å². The maximum Gasteiger partial charge on any atom is 0.497 e. The van der Waals surface area contributed by atoms with Crippen LogP contribution < -0.4 is 11.1 Å². The van der Waals surface area contributed by atoms with Crippen LogP contribution in [0.5, 0.6) is 0 Å². The lowest BCUT2D eigenvalue weighted by atomic mass is 10.6. The Kier molecular flexibility index (Phi) is 4.85. The first-order valence-electron chi connectivity index (χ1n) is 4.59. The number of rotatable bonds is 3. The minimum Gasteiger partial charge on any atom is -0.372 e. The van der Waals surface area contributed by atoms with Gasteiger partial charge in [-0.05, 0) is 0 Å². The van der Waals surface area contributed by atoms with E-state index in [1.165, 1.54) is 0 Å². The Morgan fingerprint density at radius 3 is 2.54 bits per heavy atom. The minimum atomic E-state index is -2.36. The molecule has 1 fully saturated rings. The van der Waals surface area contributed by atoms with Gasteiger partial charge < -0.3 is 24.3 Å². The highest BCUT2D eigenvalue weighted by Crippen LogP contribution is 2.09. The molecule has 1 rings (SSSR count). The zero-order valence-corrected chi connectivity index (χ0v) is 9.04. The maximum atomic E-state index is 5.55. The molecule has 0 saturated carbocycles. The molecule has 0 amide bonds. The molecule has 3 N–H and O–H groups in total. The van der Waals surface area contributed by atoms with Crippen molar-refractivity contribution < 1.29 is 13.3 Å². The summed E-state index contributed by atoms with van der Waals surface area (Å²) in [7, 11) is -2.36. The summed E-state index contributed by atoms with van der Waals surface area (Å²) >= 11 is 0. The summed E-state index contributed by atoms with van der Waals surface area (Å²) in [4.78, 5) is 0. The van der Waals surface area contributed by atoms with Crippen LogP contribution in [0, 0.1) is 0 Å². The second kappa shape index (κ2) is 5.69. The minimum absolute atomic E-state index is 0.508. The predicted octanol–water partition coefficient (Wildman–Crippen LogP) is -0.833. The molecule has 1 aliphatic rings. The van der Waals surface area contributed by atoms with Gasteiger partial charge in [0.15, 0.2) is 0 Å². The number of hydrogen-bond acceptors (Lipinski definition) is 5. The highest BCUT2D eigenvalue weighted by molar-refractivity contribution is 6.59. The van der Waals surface area contributed by atoms with Crippen LogP contribution in [0.1, 0.15) is 0 Å². The van der Waals surface area contributed by atoms with Crippen molar-refractivity contribution in [1.29, 1.82) is 0 Å². The molecule has 0 aromatic rings. The summed E-state index contributed by atoms with van der Waals surface area (Å²) in [6.07, 6.45) is 0. The molecule has 13 heavy (non-hydrogen) atoms. The van der Waals surface area contributed by atoms with Crippen molar-refractivity contribution >= 4 is 8.80 Å². The summed E-state index contributed by atoms with van der Waals surface area (Å²) < 4.78 is 16.6. The van der Waals surface area contributed by atoms with E-state index in [1.54, 1.807) is 0 Å². The van der Waals surface area contributed by atoms with E-state index in [1.807, 2.05) is 6.55 Å². The highest BCUT2D eigenvalue weighted by atomic mass is 28.4. The van der Waals surface area contributed by atoms with Crippen LogP contribution in [-0.4, -0.2) is 48.3 Å². The number of nitrogens with two attached hydrogens (primary N) is 1. The quantitative estimate of drug-likeness (QED) is 0.590. The first-order chi connectivity index (χ1) is 6.27. The van der Waals surface area contributed by atoms with Gasteiger partial charge in [0.25, 0.3) is 0 Å². The first kappa shape index (κ1) is 11.1. The molecule has 0 aliphatic carbocycles. The fourth-order valence-corrected chi connectivity index (χ4v) is 2.80. The lowest BCUT2D eigenvalue weighted by molar-refractivity contribution is 0.0596. The smallest absolute Gasteiger partial charge is 0.372 e. The van der Waals surface area contributed by atoms with Crippen molar-refractivity contribution in [2.24, 2.45) is 5.73 Å². The second-order valence-corrected chi connectivity index (χ2v) is 5.54. The van der Waals surface area contributed by atoms with Crippen molar-refractivity contribution in [3.05, 3.63) is 0 Å². The molecule has 0 bridgehead atoms. The van der Waals surface area contributed by atoms with Crippen LogP contribution in [0.2, 0.25) is 6.55 Å². The predicted molar refractivity (Wildman–Crippen MR) is 51.4 cm³/mol. The molecule has 78 valence electrons. The Morgan fingerprint density at radius 2 is 2.00 bits per heavy atom. The van der Waals surface area contributed by atoms with Gasteiger partial charge in [-0.1, -0.05) is 0 Å². The van der Waals surface area contributed by atoms with Gasteiger partial charge >= 0.3 is 8.80 Å². The van der Waals surface area contributed by atoms with Gasteiger partial charge in [0.05, 0.1) is 19.8 Å². The van der Waals surface area contributed by atoms with E-state index in [-0.39, 0.29) is 0 Å². The summed E-state index contributed by atoms with van der Waals surface area (Å²) in [5.41, 5.74) is 5.35. The fourth-order valence-electron chi connectivity index (χ4n) is 1.11. The van der Waals surface area contributed by atoms with Gasteiger partial charge in [-0.15, -0.1) is 0 Å². The van der Waals surface area contributed by atoms with Crippen molar-refractivity contribution in [1.82, 2.24) is 5.32 Å². The topological polar surface area (TPSA) is 65.7 Å². The molecule has 0 aromatic heterocycles. The second-order valence-electron chi connectivity index (χ2n) is 2.95. The highest BCUT2D eigenvalue weighted by Gasteiger charge is 2.35. The molecule has 1 heterocycles. The average molecular weight is 206 g/mol. The third kappa shape index (κ3) is 4.16. The Labute approximate surface area is 79.9 Å². The van der Waals surface area contributed by atoms with Crippen LogP contribution in [-0.2, 0) is 13.3 Å². The average Bonchev–Trinajstić information content (AvgIpc) is 2.09. The van der Waals surface area contributed by atoms with Gasteiger partial charge in [0.2, 0.25) is 0 Å². The largest absolute Gasteiger partial charge is 0.497 e. The first-order valence-corrected chi connectivity index (χ1v) is 6.82. The van der Waals surface area contributed by atoms with Gasteiger partial charge in [0, 0.05) is 26.2 Å². The maximum absolute atomic E-state index is 5.55. The van der Waals surface area contributed by atoms with E-state index in [4.69, 9.17) is 19.0 Å². The van der Waals surface area contributed by atoms with Gasteiger partial charge in [0.1, 0.15) is 0 Å². The molecule has 0 radical (unpaired) electrons. The molecule has 1 saturated heterocycles. The van der Waals surface area contributed by atoms with Gasteiger partial charge in [-0.2, -0.15) is 0 Å². The van der Waals surface area contributed by atoms with Gasteiger partial charge in [-0.25, -0.2) is 0 Å². The Balaban J connectivity index is 2.32. The van der Waals surface area contributed by atoms with Crippen molar-refractivity contribution in [3.8, 4) is 0 Å². The van der Waals surface area contributed by atoms with Crippen molar-refractivity contribution in [2.75, 3.05) is 39.5 Å². The van der Waals surface area contributed by atoms with Crippen LogP contribution in [0.25, 0.3) is 0 Å². The Bertz CT molecular complexity index is 134. The number of nitrogens with one attached hydrogen (secondary N) is 1. The lowest BCUT2D eigenvalue weighted by Crippen LogP contribution is -2.48. The molecular weight excluding hydrogens is 188 g/mol. The standard InChI is InChI=1S/C7H18N2O3Si/c1-13(10-5-2-8)11-6-3-9-4-7-12-13/h9H,2-8H2,1H3. The van der Waals surface area contributed by atoms with E-state index < -0.39 is 8.80 Å². The third-order valence-electron chi connectivity index (χ3n) is 1.77. The van der Waals surface area contributed by atoms with E-state index in [2.05, 4.69) is 5.32 Å². The fraction of sp³-hybridized carbons (Fsp3) is 1.00. The van der Waals surface area contributed by atoms with Crippen LogP contribution >= 0.6 is 0 Å². The van der Waals surface area contributed by atoms with E-state index in [9.17, 15) is 0 Å². The summed E-state index contributed by atoms with van der Waals surface area (Å²) in [5, 5.41) is 3.17. The zero-order valence-electron chi connectivity index (χ0n) is 8.04. The van der Waals surface area contributed by atoms with Crippen LogP contribution in [0.3, 0.4) is 0 Å². The third-order valence-corrected chi connectivity index (χ3v) is 3.95. The van der Waals surface area contributed by atoms with Crippen LogP contribution in [0.15, 0.2) is 0 Å². The van der Waals surface area contributed by atoms with E-state index >= 15 is 0 Å². The zero-order chi connectivity index (χ0) is 9.57. The van der Waals surface area contributed by atoms with Crippen LogP contribution in [0.4, 0.5) is 0 Å². The molecule has 1 aliphatic heterocycles. The van der Waals surface area contributed by atoms with Gasteiger partial charge in [-0.3, -0.25) is 0 Å². The molecular formula is C7H18N2O3Si.